The van der Waals surface area contributed by atoms with Gasteiger partial charge in [-0.05, 0) is 42.8 Å². The van der Waals surface area contributed by atoms with Gasteiger partial charge in [0.15, 0.2) is 5.03 Å². The molecule has 0 fully saturated rings. The topological polar surface area (TPSA) is 73.9 Å². The Morgan fingerprint density at radius 3 is 2.50 bits per heavy atom. The summed E-state index contributed by atoms with van der Waals surface area (Å²) in [4.78, 5) is 24.2. The molecule has 2 aromatic rings. The Kier molecular flexibility index (Phi) is 5.14. The highest BCUT2D eigenvalue weighted by molar-refractivity contribution is 6.42. The van der Waals surface area contributed by atoms with Crippen molar-refractivity contribution in [2.75, 3.05) is 12.4 Å². The minimum absolute atomic E-state index is 0.164. The van der Waals surface area contributed by atoms with E-state index in [-0.39, 0.29) is 10.7 Å². The lowest BCUT2D eigenvalue weighted by atomic mass is 10.1. The van der Waals surface area contributed by atoms with Crippen molar-refractivity contribution in [2.24, 2.45) is 0 Å². The van der Waals surface area contributed by atoms with Crippen LogP contribution in [-0.2, 0) is 14.3 Å². The first kappa shape index (κ1) is 17.8. The summed E-state index contributed by atoms with van der Waals surface area (Å²) in [5, 5.41) is 2.80. The third-order valence-electron chi connectivity index (χ3n) is 3.81. The molecule has 134 valence electrons. The summed E-state index contributed by atoms with van der Waals surface area (Å²) in [5.74, 6) is -0.691. The average molecular weight is 374 g/mol. The highest BCUT2D eigenvalue weighted by atomic mass is 35.5. The molecule has 1 aliphatic heterocycles. The van der Waals surface area contributed by atoms with E-state index < -0.39 is 18.2 Å². The molecule has 1 aliphatic rings. The lowest BCUT2D eigenvalue weighted by Gasteiger charge is -2.17. The van der Waals surface area contributed by atoms with Crippen LogP contribution < -0.4 is 10.1 Å². The van der Waals surface area contributed by atoms with E-state index in [4.69, 9.17) is 25.8 Å². The zero-order valence-electron chi connectivity index (χ0n) is 14.1. The minimum atomic E-state index is -1.25. The van der Waals surface area contributed by atoms with Crippen molar-refractivity contribution in [1.82, 2.24) is 0 Å². The maximum absolute atomic E-state index is 12.4. The van der Waals surface area contributed by atoms with Crippen LogP contribution in [0.25, 0.3) is 0 Å². The molecule has 1 N–H and O–H groups in total. The van der Waals surface area contributed by atoms with Gasteiger partial charge in [0.25, 0.3) is 6.29 Å². The van der Waals surface area contributed by atoms with Crippen molar-refractivity contribution in [2.45, 2.75) is 13.2 Å². The quantitative estimate of drug-likeness (QED) is 0.807. The van der Waals surface area contributed by atoms with E-state index in [1.165, 1.54) is 0 Å². The zero-order chi connectivity index (χ0) is 18.7. The van der Waals surface area contributed by atoms with E-state index in [0.717, 1.165) is 5.56 Å². The van der Waals surface area contributed by atoms with Gasteiger partial charge in [-0.15, -0.1) is 0 Å². The molecule has 0 bridgehead atoms. The summed E-state index contributed by atoms with van der Waals surface area (Å²) in [7, 11) is 1.56. The molecule has 1 heterocycles. The van der Waals surface area contributed by atoms with Crippen LogP contribution in [0, 0.1) is 6.92 Å². The number of cyclic esters (lactones) is 1. The minimum Gasteiger partial charge on any atom is -0.497 e. The number of halogens is 1. The number of esters is 2. The summed E-state index contributed by atoms with van der Waals surface area (Å²) in [6.07, 6.45) is -1.25. The largest absolute Gasteiger partial charge is 0.497 e. The van der Waals surface area contributed by atoms with Gasteiger partial charge in [0.1, 0.15) is 11.4 Å². The van der Waals surface area contributed by atoms with Crippen molar-refractivity contribution in [3.8, 4) is 5.75 Å². The number of benzene rings is 2. The second-order valence-electron chi connectivity index (χ2n) is 5.54. The number of carbonyl (C=O) groups is 2. The maximum Gasteiger partial charge on any atom is 0.355 e. The van der Waals surface area contributed by atoms with E-state index in [1.807, 2.05) is 6.07 Å². The molecule has 1 unspecified atom stereocenters. The molecular formula is C19H16ClNO5. The third kappa shape index (κ3) is 3.65. The van der Waals surface area contributed by atoms with Crippen molar-refractivity contribution >= 4 is 29.2 Å². The van der Waals surface area contributed by atoms with Crippen LogP contribution in [0.2, 0.25) is 0 Å². The number of rotatable bonds is 5. The highest BCUT2D eigenvalue weighted by Gasteiger charge is 2.36. The number of nitrogens with one attached hydrogen (secondary N) is 1. The van der Waals surface area contributed by atoms with Crippen molar-refractivity contribution in [1.29, 1.82) is 0 Å². The number of ether oxygens (including phenoxy) is 3. The van der Waals surface area contributed by atoms with E-state index in [0.29, 0.717) is 17.0 Å². The van der Waals surface area contributed by atoms with Gasteiger partial charge in [0, 0.05) is 5.69 Å². The molecule has 0 saturated carbocycles. The van der Waals surface area contributed by atoms with Gasteiger partial charge in [-0.1, -0.05) is 29.8 Å². The van der Waals surface area contributed by atoms with Gasteiger partial charge in [0.05, 0.1) is 12.7 Å². The molecule has 26 heavy (non-hydrogen) atoms. The molecule has 0 aliphatic carbocycles. The van der Waals surface area contributed by atoms with Gasteiger partial charge < -0.3 is 19.5 Å². The molecule has 0 radical (unpaired) electrons. The van der Waals surface area contributed by atoms with E-state index in [9.17, 15) is 9.59 Å². The molecule has 2 aromatic carbocycles. The van der Waals surface area contributed by atoms with Crippen LogP contribution >= 0.6 is 11.6 Å². The number of hydrogen-bond acceptors (Lipinski definition) is 6. The summed E-state index contributed by atoms with van der Waals surface area (Å²) in [5.41, 5.74) is 1.94. The predicted octanol–water partition coefficient (Wildman–Crippen LogP) is 3.61. The molecule has 0 saturated heterocycles. The fraction of sp³-hybridized carbons (Fsp3) is 0.158. The normalized spacial score (nSPS) is 16.3. The monoisotopic (exact) mass is 373 g/mol. The summed E-state index contributed by atoms with van der Waals surface area (Å²) in [6, 6.07) is 13.9. The van der Waals surface area contributed by atoms with E-state index in [2.05, 4.69) is 5.32 Å². The van der Waals surface area contributed by atoms with Gasteiger partial charge in [-0.2, -0.15) is 0 Å². The molecule has 0 aromatic heterocycles. The van der Waals surface area contributed by atoms with Gasteiger partial charge in [-0.3, -0.25) is 0 Å². The Bertz CT molecular complexity index is 876. The fourth-order valence-electron chi connectivity index (χ4n) is 2.41. The standard InChI is InChI=1S/C19H16ClNO5/c1-11-5-3-4-6-14(11)17(22)25-19-16(15(20)18(23)26-19)21-12-7-9-13(24-2)10-8-12/h3-10,19,21H,1-2H3. The van der Waals surface area contributed by atoms with E-state index >= 15 is 0 Å². The maximum atomic E-state index is 12.4. The lowest BCUT2D eigenvalue weighted by molar-refractivity contribution is -0.152. The predicted molar refractivity (Wildman–Crippen MR) is 96.0 cm³/mol. The lowest BCUT2D eigenvalue weighted by Crippen LogP contribution is -2.24. The summed E-state index contributed by atoms with van der Waals surface area (Å²) in [6.45, 7) is 1.79. The average Bonchev–Trinajstić information content (AvgIpc) is 2.90. The summed E-state index contributed by atoms with van der Waals surface area (Å²) < 4.78 is 15.5. The first-order chi connectivity index (χ1) is 12.5. The second kappa shape index (κ2) is 7.49. The molecule has 0 spiro atoms. The van der Waals surface area contributed by atoms with Gasteiger partial charge in [-0.25, -0.2) is 9.59 Å². The first-order valence-corrected chi connectivity index (χ1v) is 8.15. The fourth-order valence-corrected chi connectivity index (χ4v) is 2.59. The third-order valence-corrected chi connectivity index (χ3v) is 4.17. The first-order valence-electron chi connectivity index (χ1n) is 7.78. The smallest absolute Gasteiger partial charge is 0.355 e. The molecule has 1 atom stereocenters. The second-order valence-corrected chi connectivity index (χ2v) is 5.92. The molecular weight excluding hydrogens is 358 g/mol. The van der Waals surface area contributed by atoms with Crippen LogP contribution in [-0.4, -0.2) is 25.3 Å². The Morgan fingerprint density at radius 2 is 1.85 bits per heavy atom. The Hall–Kier alpha value is -2.99. The number of aryl methyl sites for hydroxylation is 1. The summed E-state index contributed by atoms with van der Waals surface area (Å²) >= 11 is 6.02. The zero-order valence-corrected chi connectivity index (χ0v) is 14.9. The Balaban J connectivity index is 1.79. The number of methoxy groups -OCH3 is 1. The van der Waals surface area contributed by atoms with Gasteiger partial charge >= 0.3 is 11.9 Å². The molecule has 3 rings (SSSR count). The van der Waals surface area contributed by atoms with Crippen LogP contribution in [0.3, 0.4) is 0 Å². The number of hydrogen-bond donors (Lipinski definition) is 1. The van der Waals surface area contributed by atoms with E-state index in [1.54, 1.807) is 56.5 Å². The number of carbonyl (C=O) groups excluding carboxylic acids is 2. The van der Waals surface area contributed by atoms with Crippen molar-refractivity contribution in [3.63, 3.8) is 0 Å². The highest BCUT2D eigenvalue weighted by Crippen LogP contribution is 2.29. The van der Waals surface area contributed by atoms with Crippen LogP contribution in [0.5, 0.6) is 5.75 Å². The van der Waals surface area contributed by atoms with Crippen LogP contribution in [0.1, 0.15) is 15.9 Å². The van der Waals surface area contributed by atoms with Crippen LogP contribution in [0.4, 0.5) is 5.69 Å². The van der Waals surface area contributed by atoms with Crippen LogP contribution in [0.15, 0.2) is 59.3 Å². The van der Waals surface area contributed by atoms with Crippen molar-refractivity contribution < 1.29 is 23.8 Å². The van der Waals surface area contributed by atoms with Crippen molar-refractivity contribution in [3.05, 3.63) is 70.4 Å². The molecule has 7 heteroatoms. The Labute approximate surface area is 155 Å². The SMILES string of the molecule is COc1ccc(NC2=C(Cl)C(=O)OC2OC(=O)c2ccccc2C)cc1. The Morgan fingerprint density at radius 1 is 1.15 bits per heavy atom. The molecule has 0 amide bonds. The molecule has 6 nitrogen and oxygen atoms in total. The number of anilines is 1. The van der Waals surface area contributed by atoms with Gasteiger partial charge in [0.2, 0.25) is 0 Å².